The van der Waals surface area contributed by atoms with Gasteiger partial charge in [-0.2, -0.15) is 0 Å². The highest BCUT2D eigenvalue weighted by Crippen LogP contribution is 2.31. The summed E-state index contributed by atoms with van der Waals surface area (Å²) in [7, 11) is 0. The summed E-state index contributed by atoms with van der Waals surface area (Å²) in [4.78, 5) is 18.2. The van der Waals surface area contributed by atoms with Gasteiger partial charge in [-0.3, -0.25) is 9.97 Å². The fourth-order valence-electron chi connectivity index (χ4n) is 4.37. The number of nitrogens with zero attached hydrogens (tertiary/aromatic N) is 4. The number of hydrogen-bond donors (Lipinski definition) is 4. The molecule has 2 atom stereocenters. The summed E-state index contributed by atoms with van der Waals surface area (Å²) in [6.45, 7) is 4.74. The van der Waals surface area contributed by atoms with Crippen LogP contribution in [-0.2, 0) is 0 Å². The van der Waals surface area contributed by atoms with Gasteiger partial charge in [-0.15, -0.1) is 11.3 Å². The quantitative estimate of drug-likeness (QED) is 0.474. The van der Waals surface area contributed by atoms with Crippen LogP contribution in [0.5, 0.6) is 0 Å². The predicted molar refractivity (Wildman–Crippen MR) is 128 cm³/mol. The molecule has 9 heteroatoms. The zero-order valence-electron chi connectivity index (χ0n) is 18.2. The molecule has 2 aliphatic rings. The Kier molecular flexibility index (Phi) is 5.75. The van der Waals surface area contributed by atoms with Gasteiger partial charge in [0.1, 0.15) is 10.8 Å². The Morgan fingerprint density at radius 3 is 2.78 bits per heavy atom. The van der Waals surface area contributed by atoms with E-state index in [2.05, 4.69) is 25.9 Å². The van der Waals surface area contributed by atoms with E-state index in [1.54, 1.807) is 17.5 Å². The number of aliphatic hydroxyl groups is 1. The molecule has 1 fully saturated rings. The molecule has 4 N–H and O–H groups in total. The largest absolute Gasteiger partial charge is 0.396 e. The van der Waals surface area contributed by atoms with E-state index >= 15 is 0 Å². The number of thiazole rings is 1. The van der Waals surface area contributed by atoms with Crippen LogP contribution in [0.4, 0.5) is 5.69 Å². The van der Waals surface area contributed by atoms with Crippen LogP contribution >= 0.6 is 11.3 Å². The summed E-state index contributed by atoms with van der Waals surface area (Å²) in [6, 6.07) is 6.26. The molecule has 0 aromatic carbocycles. The number of aromatic nitrogens is 3. The Balaban J connectivity index is 1.42. The molecule has 0 spiro atoms. The summed E-state index contributed by atoms with van der Waals surface area (Å²) < 4.78 is 1.06. The van der Waals surface area contributed by atoms with Crippen LogP contribution in [0.25, 0.3) is 15.8 Å². The van der Waals surface area contributed by atoms with Gasteiger partial charge in [0.2, 0.25) is 5.96 Å². The standard InChI is InChI=1S/C23H27N7OS/c1-13-7-17(8-14(2)26-13)28-23-25-10-18(22-29-19-5-6-24-11-20(19)32-22)21(30-23)27-16-4-3-15(9-16)12-31/h5-8,11,15-16,27,31H,3-4,9-10,12H2,1-2H3,(H2,25,26,28,30). The maximum atomic E-state index is 9.55. The van der Waals surface area contributed by atoms with E-state index in [4.69, 9.17) is 9.98 Å². The lowest BCUT2D eigenvalue weighted by atomic mass is 10.1. The average molecular weight is 450 g/mol. The van der Waals surface area contributed by atoms with Crippen molar-refractivity contribution >= 4 is 38.8 Å². The van der Waals surface area contributed by atoms with E-state index in [-0.39, 0.29) is 6.61 Å². The van der Waals surface area contributed by atoms with Crippen molar-refractivity contribution < 1.29 is 5.11 Å². The SMILES string of the molecule is Cc1cc(NC2=NCC(c3nc4ccncc4s3)=C(NC3CCC(CO)C3)N2)cc(C)n1. The van der Waals surface area contributed by atoms with E-state index in [9.17, 15) is 5.11 Å². The fourth-order valence-corrected chi connectivity index (χ4v) is 5.34. The minimum Gasteiger partial charge on any atom is -0.396 e. The molecule has 8 nitrogen and oxygen atoms in total. The predicted octanol–water partition coefficient (Wildman–Crippen LogP) is 3.19. The first-order valence-corrected chi connectivity index (χ1v) is 11.7. The Morgan fingerprint density at radius 1 is 1.19 bits per heavy atom. The normalized spacial score (nSPS) is 20.9. The van der Waals surface area contributed by atoms with Crippen LogP contribution in [-0.4, -0.2) is 45.2 Å². The second kappa shape index (κ2) is 8.84. The first kappa shape index (κ1) is 20.8. The highest BCUT2D eigenvalue weighted by Gasteiger charge is 2.27. The molecule has 4 heterocycles. The van der Waals surface area contributed by atoms with Crippen LogP contribution in [0.1, 0.15) is 35.7 Å². The molecular weight excluding hydrogens is 422 g/mol. The lowest BCUT2D eigenvalue weighted by molar-refractivity contribution is 0.228. The molecule has 3 aromatic rings. The molecule has 5 rings (SSSR count). The maximum absolute atomic E-state index is 9.55. The van der Waals surface area contributed by atoms with E-state index in [0.717, 1.165) is 63.0 Å². The Labute approximate surface area is 190 Å². The van der Waals surface area contributed by atoms with Crippen LogP contribution < -0.4 is 16.0 Å². The number of anilines is 1. The molecule has 0 radical (unpaired) electrons. The third-order valence-corrected chi connectivity index (χ3v) is 6.95. The van der Waals surface area contributed by atoms with Crippen LogP contribution in [0.3, 0.4) is 0 Å². The van der Waals surface area contributed by atoms with E-state index < -0.39 is 0 Å². The molecule has 3 aromatic heterocycles. The highest BCUT2D eigenvalue weighted by atomic mass is 32.1. The van der Waals surface area contributed by atoms with Gasteiger partial charge >= 0.3 is 0 Å². The van der Waals surface area contributed by atoms with E-state index in [1.165, 1.54) is 0 Å². The van der Waals surface area contributed by atoms with Crippen molar-refractivity contribution in [3.8, 4) is 0 Å². The van der Waals surface area contributed by atoms with E-state index in [0.29, 0.717) is 24.5 Å². The van der Waals surface area contributed by atoms with Crippen molar-refractivity contribution in [2.75, 3.05) is 18.5 Å². The molecule has 166 valence electrons. The third-order valence-electron chi connectivity index (χ3n) is 5.88. The van der Waals surface area contributed by atoms with Crippen molar-refractivity contribution in [2.45, 2.75) is 39.2 Å². The third kappa shape index (κ3) is 4.44. The van der Waals surface area contributed by atoms with Crippen LogP contribution in [0, 0.1) is 19.8 Å². The number of aliphatic hydroxyl groups excluding tert-OH is 1. The first-order valence-electron chi connectivity index (χ1n) is 10.9. The van der Waals surface area contributed by atoms with Crippen molar-refractivity contribution in [3.63, 3.8) is 0 Å². The number of aryl methyl sites for hydroxylation is 2. The zero-order valence-corrected chi connectivity index (χ0v) is 19.0. The van der Waals surface area contributed by atoms with Crippen molar-refractivity contribution in [3.05, 3.63) is 52.8 Å². The number of guanidine groups is 1. The lowest BCUT2D eigenvalue weighted by Crippen LogP contribution is -2.42. The number of nitrogens with one attached hydrogen (secondary N) is 3. The number of fused-ring (bicyclic) bond motifs is 1. The molecule has 1 saturated carbocycles. The second-order valence-electron chi connectivity index (χ2n) is 8.47. The maximum Gasteiger partial charge on any atom is 0.201 e. The van der Waals surface area contributed by atoms with Gasteiger partial charge in [-0.1, -0.05) is 0 Å². The molecule has 1 aliphatic carbocycles. The van der Waals surface area contributed by atoms with Crippen molar-refractivity contribution in [1.29, 1.82) is 0 Å². The molecule has 2 unspecified atom stereocenters. The van der Waals surface area contributed by atoms with Crippen LogP contribution in [0.2, 0.25) is 0 Å². The summed E-state index contributed by atoms with van der Waals surface area (Å²) in [6.07, 6.45) is 6.66. The lowest BCUT2D eigenvalue weighted by Gasteiger charge is -2.26. The number of hydrogen-bond acceptors (Lipinski definition) is 9. The van der Waals surface area contributed by atoms with E-state index in [1.807, 2.05) is 38.2 Å². The Morgan fingerprint density at radius 2 is 2.03 bits per heavy atom. The number of rotatable bonds is 5. The minimum absolute atomic E-state index is 0.247. The van der Waals surface area contributed by atoms with Gasteiger partial charge in [-0.05, 0) is 57.2 Å². The molecular formula is C23H27N7OS. The summed E-state index contributed by atoms with van der Waals surface area (Å²) in [5.74, 6) is 1.99. The molecule has 0 bridgehead atoms. The molecule has 0 amide bonds. The first-order chi connectivity index (χ1) is 15.6. The molecule has 32 heavy (non-hydrogen) atoms. The van der Waals surface area contributed by atoms with Crippen molar-refractivity contribution in [1.82, 2.24) is 25.6 Å². The van der Waals surface area contributed by atoms with Crippen molar-refractivity contribution in [2.24, 2.45) is 10.9 Å². The Hall–Kier alpha value is -3.04. The van der Waals surface area contributed by atoms with Gasteiger partial charge in [0.15, 0.2) is 0 Å². The molecule has 1 aliphatic heterocycles. The van der Waals surface area contributed by atoms with Gasteiger partial charge in [0.05, 0.1) is 16.8 Å². The average Bonchev–Trinajstić information content (AvgIpc) is 3.40. The highest BCUT2D eigenvalue weighted by molar-refractivity contribution is 7.19. The second-order valence-corrected chi connectivity index (χ2v) is 9.50. The number of pyridine rings is 2. The monoisotopic (exact) mass is 449 g/mol. The van der Waals surface area contributed by atoms with Gasteiger partial charge in [-0.25, -0.2) is 9.98 Å². The van der Waals surface area contributed by atoms with Crippen LogP contribution in [0.15, 0.2) is 41.4 Å². The topological polar surface area (TPSA) is 107 Å². The summed E-state index contributed by atoms with van der Waals surface area (Å²) in [5, 5.41) is 21.0. The molecule has 0 saturated heterocycles. The van der Waals surface area contributed by atoms with Gasteiger partial charge < -0.3 is 21.1 Å². The Bertz CT molecular complexity index is 1150. The fraction of sp³-hybridized carbons (Fsp3) is 0.391. The van der Waals surface area contributed by atoms with Gasteiger partial charge in [0.25, 0.3) is 0 Å². The summed E-state index contributed by atoms with van der Waals surface area (Å²) in [5.41, 5.74) is 4.87. The van der Waals surface area contributed by atoms with Gasteiger partial charge in [0, 0.05) is 47.7 Å². The number of aliphatic imine (C=N–C) groups is 1. The minimum atomic E-state index is 0.247. The zero-order chi connectivity index (χ0) is 22.1. The summed E-state index contributed by atoms with van der Waals surface area (Å²) >= 11 is 1.63. The smallest absolute Gasteiger partial charge is 0.201 e.